The Morgan fingerprint density at radius 2 is 2.05 bits per heavy atom. The molecule has 1 aliphatic heterocycles. The maximum absolute atomic E-state index is 12.8. The third-order valence-corrected chi connectivity index (χ3v) is 6.15. The lowest BCUT2D eigenvalue weighted by Crippen LogP contribution is -2.38. The first-order valence-electron chi connectivity index (χ1n) is 7.28. The van der Waals surface area contributed by atoms with Crippen molar-refractivity contribution in [3.8, 4) is 0 Å². The summed E-state index contributed by atoms with van der Waals surface area (Å²) in [5.41, 5.74) is 7.62. The number of aryl methyl sites for hydroxylation is 1. The number of hydrogen-bond donors (Lipinski definition) is 1. The zero-order chi connectivity index (χ0) is 14.8. The van der Waals surface area contributed by atoms with Gasteiger partial charge in [-0.05, 0) is 49.9 Å². The van der Waals surface area contributed by atoms with Gasteiger partial charge in [0.25, 0.3) is 0 Å². The lowest BCUT2D eigenvalue weighted by molar-refractivity contribution is 0.342. The molecule has 112 valence electrons. The highest BCUT2D eigenvalue weighted by Gasteiger charge is 2.30. The van der Waals surface area contributed by atoms with Crippen LogP contribution in [0.5, 0.6) is 0 Å². The van der Waals surface area contributed by atoms with Gasteiger partial charge in [0.15, 0.2) is 0 Å². The molecule has 0 radical (unpaired) electrons. The van der Waals surface area contributed by atoms with Crippen LogP contribution in [0.3, 0.4) is 0 Å². The predicted molar refractivity (Wildman–Crippen MR) is 80.9 cm³/mol. The van der Waals surface area contributed by atoms with E-state index in [2.05, 4.69) is 0 Å². The molecule has 1 saturated heterocycles. The van der Waals surface area contributed by atoms with E-state index in [4.69, 9.17) is 5.73 Å². The van der Waals surface area contributed by atoms with Crippen LogP contribution < -0.4 is 5.73 Å². The minimum Gasteiger partial charge on any atom is -0.326 e. The molecule has 5 heteroatoms. The van der Waals surface area contributed by atoms with Crippen LogP contribution in [-0.2, 0) is 16.6 Å². The fraction of sp³-hybridized carbons (Fsp3) is 0.600. The topological polar surface area (TPSA) is 63.4 Å². The Morgan fingerprint density at radius 1 is 1.30 bits per heavy atom. The van der Waals surface area contributed by atoms with Crippen LogP contribution in [0.1, 0.15) is 43.7 Å². The van der Waals surface area contributed by atoms with Crippen LogP contribution in [0.15, 0.2) is 23.1 Å². The van der Waals surface area contributed by atoms with Gasteiger partial charge < -0.3 is 5.73 Å². The van der Waals surface area contributed by atoms with Crippen LogP contribution in [0.2, 0.25) is 0 Å². The zero-order valence-corrected chi connectivity index (χ0v) is 13.1. The fourth-order valence-electron chi connectivity index (χ4n) is 2.77. The number of sulfonamides is 1. The van der Waals surface area contributed by atoms with E-state index >= 15 is 0 Å². The van der Waals surface area contributed by atoms with Crippen LogP contribution in [-0.4, -0.2) is 25.3 Å². The molecular formula is C15H24N2O2S. The summed E-state index contributed by atoms with van der Waals surface area (Å²) < 4.78 is 27.3. The highest BCUT2D eigenvalue weighted by atomic mass is 32.2. The number of benzene rings is 1. The van der Waals surface area contributed by atoms with Gasteiger partial charge in [0, 0.05) is 19.1 Å². The Morgan fingerprint density at radius 3 is 2.75 bits per heavy atom. The normalized spacial score (nSPS) is 21.6. The lowest BCUT2D eigenvalue weighted by Gasteiger charge is -2.26. The SMILES string of the molecule is Cc1ccc(S(=O)(=O)N2CCCCCC2C)cc1CN. The molecule has 1 aromatic carbocycles. The van der Waals surface area contributed by atoms with Gasteiger partial charge >= 0.3 is 0 Å². The average molecular weight is 296 g/mol. The Labute approximate surface area is 122 Å². The Balaban J connectivity index is 2.38. The molecule has 2 rings (SSSR count). The van der Waals surface area contributed by atoms with Gasteiger partial charge in [0.05, 0.1) is 4.90 Å². The molecule has 1 atom stereocenters. The summed E-state index contributed by atoms with van der Waals surface area (Å²) in [6.07, 6.45) is 4.10. The highest BCUT2D eigenvalue weighted by Crippen LogP contribution is 2.25. The van der Waals surface area contributed by atoms with E-state index < -0.39 is 10.0 Å². The second-order valence-electron chi connectivity index (χ2n) is 5.61. The summed E-state index contributed by atoms with van der Waals surface area (Å²) in [6.45, 7) is 4.94. The molecule has 0 bridgehead atoms. The van der Waals surface area contributed by atoms with Crippen molar-refractivity contribution in [1.82, 2.24) is 4.31 Å². The molecule has 1 fully saturated rings. The minimum absolute atomic E-state index is 0.0742. The molecule has 20 heavy (non-hydrogen) atoms. The molecule has 0 aliphatic carbocycles. The largest absolute Gasteiger partial charge is 0.326 e. The van der Waals surface area contributed by atoms with E-state index in [9.17, 15) is 8.42 Å². The Kier molecular flexibility index (Phi) is 4.83. The second-order valence-corrected chi connectivity index (χ2v) is 7.50. The predicted octanol–water partition coefficient (Wildman–Crippen LogP) is 2.41. The Bertz CT molecular complexity index is 569. The molecule has 1 aliphatic rings. The molecule has 1 unspecified atom stereocenters. The summed E-state index contributed by atoms with van der Waals surface area (Å²) >= 11 is 0. The summed E-state index contributed by atoms with van der Waals surface area (Å²) in [4.78, 5) is 0.373. The lowest BCUT2D eigenvalue weighted by atomic mass is 10.1. The van der Waals surface area contributed by atoms with Crippen molar-refractivity contribution in [3.63, 3.8) is 0 Å². The summed E-state index contributed by atoms with van der Waals surface area (Å²) in [6, 6.07) is 5.34. The van der Waals surface area contributed by atoms with Gasteiger partial charge in [-0.2, -0.15) is 4.31 Å². The maximum Gasteiger partial charge on any atom is 0.243 e. The summed E-state index contributed by atoms with van der Waals surface area (Å²) in [5.74, 6) is 0. The van der Waals surface area contributed by atoms with E-state index in [0.717, 1.165) is 36.8 Å². The Hall–Kier alpha value is -0.910. The van der Waals surface area contributed by atoms with Gasteiger partial charge in [0.1, 0.15) is 0 Å². The van der Waals surface area contributed by atoms with Crippen molar-refractivity contribution in [2.45, 2.75) is 57.0 Å². The van der Waals surface area contributed by atoms with Crippen LogP contribution >= 0.6 is 0 Å². The quantitative estimate of drug-likeness (QED) is 0.931. The third-order valence-electron chi connectivity index (χ3n) is 4.14. The van der Waals surface area contributed by atoms with E-state index in [1.54, 1.807) is 16.4 Å². The standard InChI is InChI=1S/C15H24N2O2S/c1-12-7-8-15(10-14(12)11-16)20(18,19)17-9-5-3-4-6-13(17)2/h7-8,10,13H,3-6,9,11,16H2,1-2H3. The van der Waals surface area contributed by atoms with Crippen molar-refractivity contribution in [2.75, 3.05) is 6.54 Å². The number of nitrogens with zero attached hydrogens (tertiary/aromatic N) is 1. The molecule has 1 heterocycles. The van der Waals surface area contributed by atoms with Crippen molar-refractivity contribution < 1.29 is 8.42 Å². The molecule has 0 saturated carbocycles. The number of nitrogens with two attached hydrogens (primary N) is 1. The molecule has 4 nitrogen and oxygen atoms in total. The van der Waals surface area contributed by atoms with E-state index in [0.29, 0.717) is 18.0 Å². The number of hydrogen-bond acceptors (Lipinski definition) is 3. The van der Waals surface area contributed by atoms with E-state index in [-0.39, 0.29) is 6.04 Å². The maximum atomic E-state index is 12.8. The fourth-order valence-corrected chi connectivity index (χ4v) is 4.52. The first kappa shape index (κ1) is 15.5. The van der Waals surface area contributed by atoms with Crippen LogP contribution in [0.25, 0.3) is 0 Å². The van der Waals surface area contributed by atoms with Crippen molar-refractivity contribution in [2.24, 2.45) is 5.73 Å². The van der Waals surface area contributed by atoms with Crippen molar-refractivity contribution >= 4 is 10.0 Å². The molecule has 0 amide bonds. The molecular weight excluding hydrogens is 272 g/mol. The number of rotatable bonds is 3. The van der Waals surface area contributed by atoms with Crippen LogP contribution in [0, 0.1) is 6.92 Å². The minimum atomic E-state index is -3.41. The van der Waals surface area contributed by atoms with Crippen LogP contribution in [0.4, 0.5) is 0 Å². The molecule has 0 spiro atoms. The van der Waals surface area contributed by atoms with Gasteiger partial charge in [-0.15, -0.1) is 0 Å². The van der Waals surface area contributed by atoms with Crippen molar-refractivity contribution in [1.29, 1.82) is 0 Å². The summed E-state index contributed by atoms with van der Waals surface area (Å²) in [7, 11) is -3.41. The first-order valence-corrected chi connectivity index (χ1v) is 8.72. The monoisotopic (exact) mass is 296 g/mol. The smallest absolute Gasteiger partial charge is 0.243 e. The van der Waals surface area contributed by atoms with Gasteiger partial charge in [-0.3, -0.25) is 0 Å². The summed E-state index contributed by atoms with van der Waals surface area (Å²) in [5, 5.41) is 0. The zero-order valence-electron chi connectivity index (χ0n) is 12.3. The molecule has 0 aromatic heterocycles. The average Bonchev–Trinajstić information content (AvgIpc) is 2.64. The van der Waals surface area contributed by atoms with Crippen molar-refractivity contribution in [3.05, 3.63) is 29.3 Å². The van der Waals surface area contributed by atoms with E-state index in [1.807, 2.05) is 19.9 Å². The highest BCUT2D eigenvalue weighted by molar-refractivity contribution is 7.89. The van der Waals surface area contributed by atoms with Gasteiger partial charge in [-0.1, -0.05) is 18.9 Å². The van der Waals surface area contributed by atoms with E-state index in [1.165, 1.54) is 0 Å². The molecule has 2 N–H and O–H groups in total. The molecule has 1 aromatic rings. The van der Waals surface area contributed by atoms with Gasteiger partial charge in [-0.25, -0.2) is 8.42 Å². The first-order chi connectivity index (χ1) is 9.46. The van der Waals surface area contributed by atoms with Gasteiger partial charge in [0.2, 0.25) is 10.0 Å². The second kappa shape index (κ2) is 6.24. The third kappa shape index (κ3) is 3.05.